The molecule has 1 aliphatic rings. The van der Waals surface area contributed by atoms with E-state index in [2.05, 4.69) is 127 Å². The molecule has 0 spiro atoms. The third-order valence-electron chi connectivity index (χ3n) is 8.53. The Labute approximate surface area is 277 Å². The van der Waals surface area contributed by atoms with E-state index in [1.807, 2.05) is 43.3 Å². The van der Waals surface area contributed by atoms with Gasteiger partial charge < -0.3 is 23.7 Å². The first-order chi connectivity index (χ1) is 21.2. The summed E-state index contributed by atoms with van der Waals surface area (Å²) in [5.41, 5.74) is 6.34. The molecule has 0 aliphatic carbocycles. The molecule has 0 radical (unpaired) electrons. The first kappa shape index (κ1) is 29.2. The molecule has 0 saturated carbocycles. The second kappa shape index (κ2) is 10.8. The van der Waals surface area contributed by atoms with E-state index in [1.54, 1.807) is 0 Å². The van der Waals surface area contributed by atoms with Crippen LogP contribution in [0.4, 0.5) is 5.69 Å². The third-order valence-corrected chi connectivity index (χ3v) is 8.53. The normalized spacial score (nSPS) is 13.4. The minimum atomic E-state index is -0.0660. The molecule has 45 heavy (non-hydrogen) atoms. The van der Waals surface area contributed by atoms with Crippen molar-refractivity contribution < 1.29 is 25.8 Å². The van der Waals surface area contributed by atoms with Crippen molar-refractivity contribution >= 4 is 49.3 Å². The van der Waals surface area contributed by atoms with Gasteiger partial charge in [-0.05, 0) is 42.4 Å². The number of nitrogens with zero attached hydrogens (tertiary/aromatic N) is 5. The van der Waals surface area contributed by atoms with Crippen LogP contribution < -0.4 is 9.64 Å². The van der Waals surface area contributed by atoms with Gasteiger partial charge in [-0.3, -0.25) is 0 Å². The molecular formula is C38H32N5OPt-3. The summed E-state index contributed by atoms with van der Waals surface area (Å²) in [7, 11) is 4.13. The van der Waals surface area contributed by atoms with E-state index in [0.29, 0.717) is 11.5 Å². The van der Waals surface area contributed by atoms with Gasteiger partial charge in [0.05, 0.1) is 5.52 Å². The van der Waals surface area contributed by atoms with Crippen molar-refractivity contribution in [2.75, 3.05) is 11.9 Å². The molecule has 0 N–H and O–H groups in total. The van der Waals surface area contributed by atoms with Gasteiger partial charge in [0.25, 0.3) is 0 Å². The molecule has 7 heteroatoms. The number of pyridine rings is 1. The number of anilines is 1. The first-order valence-electron chi connectivity index (χ1n) is 14.8. The summed E-state index contributed by atoms with van der Waals surface area (Å²) in [6.45, 7) is 8.66. The summed E-state index contributed by atoms with van der Waals surface area (Å²) in [5, 5.41) is 4.59. The number of fused-ring (bicyclic) bond motifs is 6. The number of hydrogen-bond donors (Lipinski definition) is 0. The maximum Gasteiger partial charge on any atom is 0.137 e. The Kier molecular flexibility index (Phi) is 7.01. The molecule has 0 amide bonds. The Morgan fingerprint density at radius 1 is 0.733 bits per heavy atom. The van der Waals surface area contributed by atoms with Crippen molar-refractivity contribution in [1.29, 1.82) is 0 Å². The summed E-state index contributed by atoms with van der Waals surface area (Å²) in [5.74, 6) is 2.11. The minimum absolute atomic E-state index is 0. The van der Waals surface area contributed by atoms with Gasteiger partial charge in [0.15, 0.2) is 0 Å². The van der Waals surface area contributed by atoms with Gasteiger partial charge in [0, 0.05) is 73.7 Å². The monoisotopic (exact) mass is 769 g/mol. The van der Waals surface area contributed by atoms with Gasteiger partial charge in [-0.1, -0.05) is 62.7 Å². The van der Waals surface area contributed by atoms with Crippen LogP contribution in [-0.2, 0) is 33.5 Å². The molecule has 0 saturated heterocycles. The number of rotatable bonds is 4. The van der Waals surface area contributed by atoms with Crippen LogP contribution in [0.2, 0.25) is 0 Å². The van der Waals surface area contributed by atoms with Gasteiger partial charge in [-0.2, -0.15) is 12.7 Å². The molecule has 4 aromatic carbocycles. The Balaban J connectivity index is 0.00000325. The van der Waals surface area contributed by atoms with Crippen molar-refractivity contribution in [3.05, 3.63) is 122 Å². The molecule has 1 aliphatic heterocycles. The molecular weight excluding hydrogens is 738 g/mol. The van der Waals surface area contributed by atoms with E-state index >= 15 is 0 Å². The van der Waals surface area contributed by atoms with Crippen LogP contribution >= 0.6 is 0 Å². The van der Waals surface area contributed by atoms with E-state index in [-0.39, 0.29) is 26.5 Å². The molecule has 3 aromatic heterocycles. The molecule has 4 heterocycles. The van der Waals surface area contributed by atoms with Gasteiger partial charge >= 0.3 is 0 Å². The first-order valence-corrected chi connectivity index (χ1v) is 14.8. The molecule has 7 aromatic rings. The van der Waals surface area contributed by atoms with Crippen LogP contribution in [0.25, 0.3) is 49.4 Å². The van der Waals surface area contributed by atoms with Crippen LogP contribution in [0.15, 0.2) is 97.5 Å². The summed E-state index contributed by atoms with van der Waals surface area (Å²) >= 11 is 0. The number of hydrogen-bond acceptors (Lipinski definition) is 4. The third kappa shape index (κ3) is 4.89. The minimum Gasteiger partial charge on any atom is -0.510 e. The van der Waals surface area contributed by atoms with E-state index < -0.39 is 0 Å². The molecule has 0 fully saturated rings. The Morgan fingerprint density at radius 2 is 1.47 bits per heavy atom. The molecule has 6 nitrogen and oxygen atoms in total. The van der Waals surface area contributed by atoms with Crippen molar-refractivity contribution in [3.63, 3.8) is 0 Å². The van der Waals surface area contributed by atoms with Crippen LogP contribution in [0.1, 0.15) is 26.3 Å². The Bertz CT molecular complexity index is 2270. The fraction of sp³-hybridized carbons (Fsp3) is 0.158. The SMILES string of the molecule is CN1C=CN(c2[c-]c(Oc3[c-]c4c(cc3)c3ccccc3n4-c3cc4c(cn3)c3ccccc3n4C)cc(C(C)(C)C)c2)[CH-]1.[Pt]. The van der Waals surface area contributed by atoms with E-state index in [0.717, 1.165) is 44.2 Å². The number of aromatic nitrogens is 3. The van der Waals surface area contributed by atoms with E-state index in [9.17, 15) is 0 Å². The number of benzene rings is 4. The van der Waals surface area contributed by atoms with Crippen molar-refractivity contribution in [3.8, 4) is 17.3 Å². The summed E-state index contributed by atoms with van der Waals surface area (Å²) in [4.78, 5) is 9.06. The zero-order valence-electron chi connectivity index (χ0n) is 25.8. The maximum absolute atomic E-state index is 6.54. The smallest absolute Gasteiger partial charge is 0.137 e. The fourth-order valence-electron chi connectivity index (χ4n) is 6.20. The van der Waals surface area contributed by atoms with Crippen LogP contribution in [0, 0.1) is 18.8 Å². The number of aryl methyl sites for hydroxylation is 1. The second-order valence-corrected chi connectivity index (χ2v) is 12.5. The van der Waals surface area contributed by atoms with Gasteiger partial charge in [0.1, 0.15) is 5.82 Å². The summed E-state index contributed by atoms with van der Waals surface area (Å²) < 4.78 is 11.0. The van der Waals surface area contributed by atoms with Gasteiger partial charge in [-0.25, -0.2) is 4.98 Å². The van der Waals surface area contributed by atoms with Crippen LogP contribution in [0.5, 0.6) is 11.5 Å². The molecule has 0 atom stereocenters. The largest absolute Gasteiger partial charge is 0.510 e. The molecule has 8 rings (SSSR count). The maximum atomic E-state index is 6.54. The molecule has 0 unspecified atom stereocenters. The van der Waals surface area contributed by atoms with Gasteiger partial charge in [0.2, 0.25) is 0 Å². The predicted octanol–water partition coefficient (Wildman–Crippen LogP) is 8.85. The van der Waals surface area contributed by atoms with E-state index in [4.69, 9.17) is 9.72 Å². The zero-order valence-corrected chi connectivity index (χ0v) is 28.0. The fourth-order valence-corrected chi connectivity index (χ4v) is 6.20. The predicted molar refractivity (Wildman–Crippen MR) is 179 cm³/mol. The Hall–Kier alpha value is -4.54. The van der Waals surface area contributed by atoms with Crippen molar-refractivity contribution in [2.45, 2.75) is 26.2 Å². The van der Waals surface area contributed by atoms with Crippen molar-refractivity contribution in [2.24, 2.45) is 7.05 Å². The quantitative estimate of drug-likeness (QED) is 0.168. The zero-order chi connectivity index (χ0) is 30.2. The van der Waals surface area contributed by atoms with Crippen molar-refractivity contribution in [1.82, 2.24) is 19.0 Å². The topological polar surface area (TPSA) is 38.5 Å². The van der Waals surface area contributed by atoms with E-state index in [1.165, 1.54) is 16.5 Å². The molecule has 0 bridgehead atoms. The Morgan fingerprint density at radius 3 is 2.20 bits per heavy atom. The number of para-hydroxylation sites is 2. The van der Waals surface area contributed by atoms with Gasteiger partial charge in [-0.15, -0.1) is 47.0 Å². The number of ether oxygens (including phenoxy) is 1. The molecule has 228 valence electrons. The van der Waals surface area contributed by atoms with Crippen LogP contribution in [-0.4, -0.2) is 26.1 Å². The second-order valence-electron chi connectivity index (χ2n) is 12.5. The standard InChI is InChI=1S/C38H32N5O.Pt/c1-38(2,3)25-18-26(42-17-16-40(4)24-42)20-28(19-25)44-27-14-15-31-29-10-7-9-13-34(29)43(36(31)21-27)37-22-35-32(23-39-37)30-11-6-8-12-33(30)41(35)5;/h6-19,22-24H,1-5H3;/q-3;. The average Bonchev–Trinajstić information content (AvgIpc) is 3.68. The summed E-state index contributed by atoms with van der Waals surface area (Å²) in [6, 6.07) is 34.5. The van der Waals surface area contributed by atoms with Crippen LogP contribution in [0.3, 0.4) is 0 Å². The average molecular weight is 770 g/mol. The summed E-state index contributed by atoms with van der Waals surface area (Å²) in [6.07, 6.45) is 6.03.